The van der Waals surface area contributed by atoms with Crippen molar-refractivity contribution >= 4 is 39.8 Å². The van der Waals surface area contributed by atoms with Crippen LogP contribution in [0.4, 0.5) is 15.2 Å². The van der Waals surface area contributed by atoms with Gasteiger partial charge < -0.3 is 15.4 Å². The van der Waals surface area contributed by atoms with Gasteiger partial charge in [0.15, 0.2) is 4.34 Å². The molecule has 1 heterocycles. The first-order valence-corrected chi connectivity index (χ1v) is 10.2. The number of anilines is 2. The molecule has 6 nitrogen and oxygen atoms in total. The summed E-state index contributed by atoms with van der Waals surface area (Å²) in [6.45, 7) is 2.34. The maximum Gasteiger partial charge on any atom is 0.237 e. The van der Waals surface area contributed by atoms with Gasteiger partial charge in [-0.1, -0.05) is 35.2 Å². The highest BCUT2D eigenvalue weighted by Gasteiger charge is 2.17. The number of amides is 1. The van der Waals surface area contributed by atoms with E-state index in [2.05, 4.69) is 20.8 Å². The monoisotopic (exact) mass is 418 g/mol. The second kappa shape index (κ2) is 9.52. The number of ether oxygens (including phenoxy) is 1. The Morgan fingerprint density at radius 2 is 1.89 bits per heavy atom. The molecule has 0 radical (unpaired) electrons. The molecule has 0 saturated heterocycles. The van der Waals surface area contributed by atoms with Crippen LogP contribution in [0.3, 0.4) is 0 Å². The molecule has 0 fully saturated rings. The highest BCUT2D eigenvalue weighted by Crippen LogP contribution is 2.29. The number of benzene rings is 2. The lowest BCUT2D eigenvalue weighted by molar-refractivity contribution is -0.115. The molecular formula is C19H19FN4O2S2. The van der Waals surface area contributed by atoms with Crippen molar-refractivity contribution in [2.45, 2.75) is 23.1 Å². The number of carbonyl (C=O) groups is 1. The number of thioether (sulfide) groups is 1. The molecule has 2 aromatic carbocycles. The van der Waals surface area contributed by atoms with Crippen LogP contribution in [-0.4, -0.2) is 28.5 Å². The van der Waals surface area contributed by atoms with Crippen molar-refractivity contribution in [2.24, 2.45) is 0 Å². The van der Waals surface area contributed by atoms with Crippen LogP contribution in [0.15, 0.2) is 52.9 Å². The number of hydrogen-bond donors (Lipinski definition) is 2. The molecule has 0 aliphatic rings. The molecular weight excluding hydrogens is 399 g/mol. The van der Waals surface area contributed by atoms with E-state index in [-0.39, 0.29) is 17.0 Å². The number of nitrogens with zero attached hydrogens (tertiary/aromatic N) is 2. The molecule has 3 rings (SSSR count). The van der Waals surface area contributed by atoms with Gasteiger partial charge in [0.2, 0.25) is 11.0 Å². The first-order chi connectivity index (χ1) is 13.5. The lowest BCUT2D eigenvalue weighted by Gasteiger charge is -2.10. The van der Waals surface area contributed by atoms with Gasteiger partial charge in [-0.25, -0.2) is 4.39 Å². The van der Waals surface area contributed by atoms with Crippen LogP contribution in [0.25, 0.3) is 0 Å². The topological polar surface area (TPSA) is 76.1 Å². The zero-order valence-corrected chi connectivity index (χ0v) is 16.9. The molecule has 1 atom stereocenters. The van der Waals surface area contributed by atoms with Crippen LogP contribution < -0.4 is 15.4 Å². The molecule has 1 aromatic heterocycles. The quantitative estimate of drug-likeness (QED) is 0.528. The number of nitrogens with one attached hydrogen (secondary N) is 2. The van der Waals surface area contributed by atoms with Crippen molar-refractivity contribution in [3.8, 4) is 5.75 Å². The molecule has 2 N–H and O–H groups in total. The standard InChI is InChI=1S/C19H19FN4O2S2/c1-12(17(25)22-15-7-9-16(26-2)10-8-15)27-19-24-23-18(28-19)21-11-13-3-5-14(20)6-4-13/h3-10,12H,11H2,1-2H3,(H,21,23)(H,22,25). The van der Waals surface area contributed by atoms with Crippen LogP contribution >= 0.6 is 23.1 Å². The number of methoxy groups -OCH3 is 1. The van der Waals surface area contributed by atoms with Gasteiger partial charge in [0.1, 0.15) is 11.6 Å². The van der Waals surface area contributed by atoms with Crippen molar-refractivity contribution < 1.29 is 13.9 Å². The molecule has 0 saturated carbocycles. The van der Waals surface area contributed by atoms with Gasteiger partial charge in [0.05, 0.1) is 12.4 Å². The fraction of sp³-hybridized carbons (Fsp3) is 0.211. The summed E-state index contributed by atoms with van der Waals surface area (Å²) in [5.74, 6) is 0.349. The van der Waals surface area contributed by atoms with Crippen LogP contribution in [-0.2, 0) is 11.3 Å². The third-order valence-electron chi connectivity index (χ3n) is 3.77. The minimum atomic E-state index is -0.333. The maximum atomic E-state index is 12.9. The molecule has 0 aliphatic carbocycles. The van der Waals surface area contributed by atoms with Crippen LogP contribution in [0.5, 0.6) is 5.75 Å². The molecule has 28 heavy (non-hydrogen) atoms. The fourth-order valence-electron chi connectivity index (χ4n) is 2.23. The average Bonchev–Trinajstić information content (AvgIpc) is 3.15. The van der Waals surface area contributed by atoms with E-state index < -0.39 is 0 Å². The Hall–Kier alpha value is -2.65. The Kier molecular flexibility index (Phi) is 6.83. The Bertz CT molecular complexity index is 916. The summed E-state index contributed by atoms with van der Waals surface area (Å²) in [6.07, 6.45) is 0. The smallest absolute Gasteiger partial charge is 0.237 e. The first-order valence-electron chi connectivity index (χ1n) is 8.47. The second-order valence-corrected chi connectivity index (χ2v) is 8.40. The first kappa shape index (κ1) is 20.1. The summed E-state index contributed by atoms with van der Waals surface area (Å²) in [6, 6.07) is 13.4. The van der Waals surface area contributed by atoms with Crippen LogP contribution in [0.1, 0.15) is 12.5 Å². The zero-order chi connectivity index (χ0) is 19.9. The van der Waals surface area contributed by atoms with Gasteiger partial charge in [-0.15, -0.1) is 10.2 Å². The summed E-state index contributed by atoms with van der Waals surface area (Å²) in [4.78, 5) is 12.4. The molecule has 0 spiro atoms. The third-order valence-corrected chi connectivity index (χ3v) is 5.83. The van der Waals surface area contributed by atoms with E-state index >= 15 is 0 Å². The number of aromatic nitrogens is 2. The van der Waals surface area contributed by atoms with Gasteiger partial charge in [0, 0.05) is 12.2 Å². The Morgan fingerprint density at radius 1 is 1.18 bits per heavy atom. The van der Waals surface area contributed by atoms with Crippen molar-refractivity contribution in [3.63, 3.8) is 0 Å². The molecule has 1 unspecified atom stereocenters. The third kappa shape index (κ3) is 5.67. The summed E-state index contributed by atoms with van der Waals surface area (Å²) in [5.41, 5.74) is 1.65. The molecule has 9 heteroatoms. The Labute approximate surface area is 170 Å². The average molecular weight is 419 g/mol. The van der Waals surface area contributed by atoms with E-state index in [0.717, 1.165) is 11.3 Å². The summed E-state index contributed by atoms with van der Waals surface area (Å²) < 4.78 is 18.7. The summed E-state index contributed by atoms with van der Waals surface area (Å²) >= 11 is 2.71. The van der Waals surface area contributed by atoms with Crippen molar-refractivity contribution in [3.05, 3.63) is 59.9 Å². The highest BCUT2D eigenvalue weighted by molar-refractivity contribution is 8.02. The molecule has 3 aromatic rings. The summed E-state index contributed by atoms with van der Waals surface area (Å²) in [7, 11) is 1.59. The van der Waals surface area contributed by atoms with E-state index in [4.69, 9.17) is 4.74 Å². The molecule has 146 valence electrons. The number of rotatable bonds is 8. The normalized spacial score (nSPS) is 11.7. The molecule has 0 bridgehead atoms. The SMILES string of the molecule is COc1ccc(NC(=O)C(C)Sc2nnc(NCc3ccc(F)cc3)s2)cc1. The highest BCUT2D eigenvalue weighted by atomic mass is 32.2. The van der Waals surface area contributed by atoms with Crippen LogP contribution in [0.2, 0.25) is 0 Å². The number of hydrogen-bond acceptors (Lipinski definition) is 7. The van der Waals surface area contributed by atoms with Crippen molar-refractivity contribution in [1.82, 2.24) is 10.2 Å². The fourth-order valence-corrected chi connectivity index (χ4v) is 4.12. The van der Waals surface area contributed by atoms with Gasteiger partial charge >= 0.3 is 0 Å². The van der Waals surface area contributed by atoms with Gasteiger partial charge in [-0.2, -0.15) is 0 Å². The van der Waals surface area contributed by atoms with Gasteiger partial charge in [-0.05, 0) is 48.9 Å². The van der Waals surface area contributed by atoms with Crippen molar-refractivity contribution in [1.29, 1.82) is 0 Å². The zero-order valence-electron chi connectivity index (χ0n) is 15.3. The largest absolute Gasteiger partial charge is 0.497 e. The van der Waals surface area contributed by atoms with Gasteiger partial charge in [-0.3, -0.25) is 4.79 Å². The summed E-state index contributed by atoms with van der Waals surface area (Å²) in [5, 5.41) is 14.5. The van der Waals surface area contributed by atoms with E-state index in [1.807, 2.05) is 6.92 Å². The maximum absolute atomic E-state index is 12.9. The molecule has 0 aliphatic heterocycles. The minimum Gasteiger partial charge on any atom is -0.497 e. The predicted octanol–water partition coefficient (Wildman–Crippen LogP) is 4.42. The Morgan fingerprint density at radius 3 is 2.57 bits per heavy atom. The molecule has 1 amide bonds. The Balaban J connectivity index is 1.50. The van der Waals surface area contributed by atoms with Gasteiger partial charge in [0.25, 0.3) is 0 Å². The van der Waals surface area contributed by atoms with Crippen LogP contribution in [0, 0.1) is 5.82 Å². The number of halogens is 1. The van der Waals surface area contributed by atoms with E-state index in [1.54, 1.807) is 43.5 Å². The predicted molar refractivity (Wildman–Crippen MR) is 111 cm³/mol. The lowest BCUT2D eigenvalue weighted by Crippen LogP contribution is -2.22. The van der Waals surface area contributed by atoms with E-state index in [9.17, 15) is 9.18 Å². The van der Waals surface area contributed by atoms with E-state index in [0.29, 0.717) is 21.7 Å². The lowest BCUT2D eigenvalue weighted by atomic mass is 10.2. The second-order valence-electron chi connectivity index (χ2n) is 5.83. The number of carbonyl (C=O) groups excluding carboxylic acids is 1. The van der Waals surface area contributed by atoms with E-state index in [1.165, 1.54) is 35.2 Å². The van der Waals surface area contributed by atoms with Crippen molar-refractivity contribution in [2.75, 3.05) is 17.7 Å². The minimum absolute atomic E-state index is 0.119.